The predicted octanol–water partition coefficient (Wildman–Crippen LogP) is 3.18. The molecule has 1 aliphatic heterocycles. The highest BCUT2D eigenvalue weighted by Gasteiger charge is 2.30. The van der Waals surface area contributed by atoms with Gasteiger partial charge in [-0.2, -0.15) is 0 Å². The minimum atomic E-state index is -3.02. The van der Waals surface area contributed by atoms with Crippen molar-refractivity contribution in [2.24, 2.45) is 0 Å². The third-order valence-corrected chi connectivity index (χ3v) is 7.29. The minimum Gasteiger partial charge on any atom is -0.481 e. The average Bonchev–Trinajstić information content (AvgIpc) is 3.22. The van der Waals surface area contributed by atoms with Gasteiger partial charge in [0, 0.05) is 22.4 Å². The Bertz CT molecular complexity index is 943. The fraction of sp³-hybridized carbons (Fsp3) is 0.500. The molecule has 0 spiro atoms. The number of rotatable bonds is 5. The normalized spacial score (nSPS) is 19.9. The van der Waals surface area contributed by atoms with Crippen molar-refractivity contribution in [1.29, 1.82) is 0 Å². The molecule has 28 heavy (non-hydrogen) atoms. The van der Waals surface area contributed by atoms with Crippen molar-refractivity contribution in [3.8, 4) is 16.3 Å². The third-order valence-electron chi connectivity index (χ3n) is 4.63. The maximum Gasteiger partial charge on any atom is 0.261 e. The van der Waals surface area contributed by atoms with Crippen LogP contribution in [-0.2, 0) is 20.0 Å². The van der Waals surface area contributed by atoms with Gasteiger partial charge in [0.05, 0.1) is 17.2 Å². The van der Waals surface area contributed by atoms with Crippen molar-refractivity contribution in [2.45, 2.75) is 51.7 Å². The molecule has 0 radical (unpaired) electrons. The Morgan fingerprint density at radius 1 is 1.29 bits per heavy atom. The summed E-state index contributed by atoms with van der Waals surface area (Å²) in [7, 11) is -3.02. The molecule has 2 aromatic rings. The average molecular weight is 423 g/mol. The van der Waals surface area contributed by atoms with E-state index < -0.39 is 15.9 Å². The Hall–Kier alpha value is -1.93. The quantitative estimate of drug-likeness (QED) is 0.800. The maximum atomic E-state index is 12.3. The molecular formula is C20H26N2O4S2. The SMILES string of the molecule is C[C@H](Oc1ccc(-c2nc(C(C)(C)C)cs2)cc1)C(=O)N[C@H]1CCS(=O)(=O)C1. The van der Waals surface area contributed by atoms with Gasteiger partial charge in [0.1, 0.15) is 10.8 Å². The second-order valence-corrected chi connectivity index (χ2v) is 11.3. The molecule has 0 bridgehead atoms. The van der Waals surface area contributed by atoms with E-state index in [4.69, 9.17) is 9.72 Å². The number of benzene rings is 1. The molecule has 1 aromatic carbocycles. The molecule has 152 valence electrons. The van der Waals surface area contributed by atoms with E-state index in [-0.39, 0.29) is 28.9 Å². The Balaban J connectivity index is 1.59. The smallest absolute Gasteiger partial charge is 0.261 e. The zero-order valence-corrected chi connectivity index (χ0v) is 18.2. The molecule has 1 fully saturated rings. The van der Waals surface area contributed by atoms with E-state index in [0.717, 1.165) is 16.3 Å². The van der Waals surface area contributed by atoms with Gasteiger partial charge in [-0.1, -0.05) is 20.8 Å². The topological polar surface area (TPSA) is 85.4 Å². The Labute approximate surface area is 170 Å². The van der Waals surface area contributed by atoms with Crippen LogP contribution in [0.1, 0.15) is 39.8 Å². The van der Waals surface area contributed by atoms with Crippen molar-refractivity contribution in [3.05, 3.63) is 35.3 Å². The molecule has 1 aliphatic rings. The van der Waals surface area contributed by atoms with Gasteiger partial charge in [0.25, 0.3) is 5.91 Å². The van der Waals surface area contributed by atoms with E-state index in [1.54, 1.807) is 18.3 Å². The predicted molar refractivity (Wildman–Crippen MR) is 112 cm³/mol. The van der Waals surface area contributed by atoms with Gasteiger partial charge in [-0.05, 0) is 37.6 Å². The second-order valence-electron chi connectivity index (χ2n) is 8.18. The van der Waals surface area contributed by atoms with E-state index in [0.29, 0.717) is 12.2 Å². The minimum absolute atomic E-state index is 0.00449. The van der Waals surface area contributed by atoms with Gasteiger partial charge < -0.3 is 10.1 Å². The van der Waals surface area contributed by atoms with Crippen LogP contribution in [0.25, 0.3) is 10.6 Å². The summed E-state index contributed by atoms with van der Waals surface area (Å²) < 4.78 is 28.7. The van der Waals surface area contributed by atoms with Crippen LogP contribution >= 0.6 is 11.3 Å². The summed E-state index contributed by atoms with van der Waals surface area (Å²) in [6.07, 6.45) is -0.249. The van der Waals surface area contributed by atoms with Gasteiger partial charge in [0.2, 0.25) is 0 Å². The number of sulfone groups is 1. The fourth-order valence-electron chi connectivity index (χ4n) is 2.91. The molecule has 2 heterocycles. The zero-order valence-electron chi connectivity index (χ0n) is 16.6. The summed E-state index contributed by atoms with van der Waals surface area (Å²) in [5, 5.41) is 5.78. The van der Waals surface area contributed by atoms with Crippen LogP contribution in [-0.4, -0.2) is 43.0 Å². The third kappa shape index (κ3) is 5.11. The molecule has 1 saturated heterocycles. The van der Waals surface area contributed by atoms with Crippen LogP contribution in [0, 0.1) is 0 Å². The lowest BCUT2D eigenvalue weighted by Gasteiger charge is -2.17. The van der Waals surface area contributed by atoms with Gasteiger partial charge in [-0.15, -0.1) is 11.3 Å². The maximum absolute atomic E-state index is 12.3. The lowest BCUT2D eigenvalue weighted by Crippen LogP contribution is -2.43. The van der Waals surface area contributed by atoms with Crippen LogP contribution < -0.4 is 10.1 Å². The first kappa shape index (κ1) is 20.8. The lowest BCUT2D eigenvalue weighted by atomic mass is 9.93. The molecule has 6 nitrogen and oxygen atoms in total. The van der Waals surface area contributed by atoms with Crippen molar-refractivity contribution >= 4 is 27.1 Å². The van der Waals surface area contributed by atoms with Gasteiger partial charge >= 0.3 is 0 Å². The molecule has 2 atom stereocenters. The largest absolute Gasteiger partial charge is 0.481 e. The standard InChI is InChI=1S/C20H26N2O4S2/c1-13(18(23)21-15-9-10-28(24,25)12-15)26-16-7-5-14(6-8-16)19-22-17(11-27-19)20(2,3)4/h5-8,11,13,15H,9-10,12H2,1-4H3,(H,21,23)/t13-,15-/m0/s1. The Morgan fingerprint density at radius 2 is 1.96 bits per heavy atom. The molecule has 0 aliphatic carbocycles. The number of carbonyl (C=O) groups excluding carboxylic acids is 1. The van der Waals surface area contributed by atoms with E-state index in [1.807, 2.05) is 24.3 Å². The van der Waals surface area contributed by atoms with E-state index >= 15 is 0 Å². The highest BCUT2D eigenvalue weighted by molar-refractivity contribution is 7.91. The number of carbonyl (C=O) groups is 1. The molecule has 1 aromatic heterocycles. The monoisotopic (exact) mass is 422 g/mol. The summed E-state index contributed by atoms with van der Waals surface area (Å²) in [5.74, 6) is 0.409. The second kappa shape index (κ2) is 7.83. The molecule has 1 amide bonds. The highest BCUT2D eigenvalue weighted by Crippen LogP contribution is 2.30. The number of hydrogen-bond donors (Lipinski definition) is 1. The molecule has 8 heteroatoms. The summed E-state index contributed by atoms with van der Waals surface area (Å²) in [4.78, 5) is 17.0. The van der Waals surface area contributed by atoms with Gasteiger partial charge in [-0.3, -0.25) is 4.79 Å². The van der Waals surface area contributed by atoms with Crippen LogP contribution in [0.2, 0.25) is 0 Å². The zero-order chi connectivity index (χ0) is 20.5. The van der Waals surface area contributed by atoms with Gasteiger partial charge in [0.15, 0.2) is 15.9 Å². The van der Waals surface area contributed by atoms with Crippen molar-refractivity contribution in [3.63, 3.8) is 0 Å². The first-order valence-electron chi connectivity index (χ1n) is 9.27. The first-order chi connectivity index (χ1) is 13.0. The van der Waals surface area contributed by atoms with Crippen molar-refractivity contribution < 1.29 is 17.9 Å². The van der Waals surface area contributed by atoms with Crippen LogP contribution in [0.5, 0.6) is 5.75 Å². The van der Waals surface area contributed by atoms with Crippen LogP contribution in [0.15, 0.2) is 29.6 Å². The number of nitrogens with zero attached hydrogens (tertiary/aromatic N) is 1. The Kier molecular flexibility index (Phi) is 5.82. The first-order valence-corrected chi connectivity index (χ1v) is 12.0. The van der Waals surface area contributed by atoms with Crippen molar-refractivity contribution in [1.82, 2.24) is 10.3 Å². The van der Waals surface area contributed by atoms with Gasteiger partial charge in [-0.25, -0.2) is 13.4 Å². The van der Waals surface area contributed by atoms with E-state index in [1.165, 1.54) is 0 Å². The molecule has 3 rings (SSSR count). The number of hydrogen-bond acceptors (Lipinski definition) is 6. The van der Waals surface area contributed by atoms with Crippen LogP contribution in [0.3, 0.4) is 0 Å². The van der Waals surface area contributed by atoms with E-state index in [2.05, 4.69) is 31.5 Å². The summed E-state index contributed by atoms with van der Waals surface area (Å²) in [6, 6.07) is 7.16. The van der Waals surface area contributed by atoms with Crippen LogP contribution in [0.4, 0.5) is 0 Å². The fourth-order valence-corrected chi connectivity index (χ4v) is 5.64. The number of amides is 1. The molecule has 1 N–H and O–H groups in total. The highest BCUT2D eigenvalue weighted by atomic mass is 32.2. The van der Waals surface area contributed by atoms with Crippen molar-refractivity contribution in [2.75, 3.05) is 11.5 Å². The number of nitrogens with one attached hydrogen (secondary N) is 1. The number of thiazole rings is 1. The number of ether oxygens (including phenoxy) is 1. The lowest BCUT2D eigenvalue weighted by molar-refractivity contribution is -0.127. The Morgan fingerprint density at radius 3 is 2.50 bits per heavy atom. The summed E-state index contributed by atoms with van der Waals surface area (Å²) >= 11 is 1.61. The summed E-state index contributed by atoms with van der Waals surface area (Å²) in [5.41, 5.74) is 2.08. The van der Waals surface area contributed by atoms with E-state index in [9.17, 15) is 13.2 Å². The molecule has 0 unspecified atom stereocenters. The molecule has 0 saturated carbocycles. The summed E-state index contributed by atoms with van der Waals surface area (Å²) in [6.45, 7) is 8.06. The molecular weight excluding hydrogens is 396 g/mol. The number of aromatic nitrogens is 1.